The zero-order valence-electron chi connectivity index (χ0n) is 18.0. The van der Waals surface area contributed by atoms with Gasteiger partial charge in [0.1, 0.15) is 0 Å². The number of benzene rings is 3. The number of aliphatic hydroxyl groups is 1. The molecule has 0 radical (unpaired) electrons. The zero-order chi connectivity index (χ0) is 23.0. The summed E-state index contributed by atoms with van der Waals surface area (Å²) >= 11 is 0. The lowest BCUT2D eigenvalue weighted by atomic mass is 9.86. The van der Waals surface area contributed by atoms with Gasteiger partial charge in [0, 0.05) is 12.1 Å². The number of carbonyl (C=O) groups is 3. The molecule has 33 heavy (non-hydrogen) atoms. The maximum atomic E-state index is 13.1. The number of nitrogens with zero attached hydrogens (tertiary/aromatic N) is 1. The molecule has 6 heteroatoms. The van der Waals surface area contributed by atoms with Crippen molar-refractivity contribution in [3.05, 3.63) is 101 Å². The number of carbonyl (C=O) groups excluding carboxylic acids is 3. The van der Waals surface area contributed by atoms with Crippen LogP contribution in [0.5, 0.6) is 0 Å². The molecule has 6 nitrogen and oxygen atoms in total. The number of hydrogen-bond acceptors (Lipinski definition) is 5. The van der Waals surface area contributed by atoms with Crippen molar-refractivity contribution in [3.63, 3.8) is 0 Å². The van der Waals surface area contributed by atoms with E-state index < -0.39 is 18.2 Å². The first-order valence-corrected chi connectivity index (χ1v) is 11.0. The quantitative estimate of drug-likeness (QED) is 0.469. The first-order valence-electron chi connectivity index (χ1n) is 11.0. The second-order valence-electron chi connectivity index (χ2n) is 8.41. The highest BCUT2D eigenvalue weighted by Crippen LogP contribution is 2.38. The molecular weight excluding hydrogens is 418 g/mol. The highest BCUT2D eigenvalue weighted by atomic mass is 16.6. The van der Waals surface area contributed by atoms with Crippen LogP contribution in [0.25, 0.3) is 0 Å². The van der Waals surface area contributed by atoms with E-state index in [-0.39, 0.29) is 18.1 Å². The van der Waals surface area contributed by atoms with Gasteiger partial charge >= 0.3 is 5.97 Å². The van der Waals surface area contributed by atoms with Gasteiger partial charge in [-0.15, -0.1) is 0 Å². The second-order valence-corrected chi connectivity index (χ2v) is 8.41. The topological polar surface area (TPSA) is 83.9 Å². The number of Topliss-reactive ketones (excluding diaryl/α,β-unsaturated/α-hetero) is 1. The van der Waals surface area contributed by atoms with E-state index in [2.05, 4.69) is 0 Å². The molecule has 0 spiro atoms. The Kier molecular flexibility index (Phi) is 5.30. The van der Waals surface area contributed by atoms with Crippen LogP contribution in [0.4, 0.5) is 5.69 Å². The summed E-state index contributed by atoms with van der Waals surface area (Å²) in [6.45, 7) is 0.206. The monoisotopic (exact) mass is 441 g/mol. The number of hydrogen-bond donors (Lipinski definition) is 1. The van der Waals surface area contributed by atoms with Crippen molar-refractivity contribution < 1.29 is 24.2 Å². The van der Waals surface area contributed by atoms with Gasteiger partial charge in [0.05, 0.1) is 12.1 Å². The summed E-state index contributed by atoms with van der Waals surface area (Å²) in [6, 6.07) is 20.6. The normalized spacial score (nSPS) is 14.7. The first-order chi connectivity index (χ1) is 16.0. The molecule has 2 aliphatic rings. The van der Waals surface area contributed by atoms with Crippen LogP contribution in [0.15, 0.2) is 72.8 Å². The van der Waals surface area contributed by atoms with Crippen LogP contribution < -0.4 is 4.90 Å². The molecule has 5 rings (SSSR count). The van der Waals surface area contributed by atoms with Gasteiger partial charge in [-0.25, -0.2) is 4.79 Å². The third kappa shape index (κ3) is 3.62. The summed E-state index contributed by atoms with van der Waals surface area (Å²) in [5.74, 6) is -1.24. The van der Waals surface area contributed by atoms with E-state index in [0.717, 1.165) is 29.7 Å². The highest BCUT2D eigenvalue weighted by Gasteiger charge is 2.42. The van der Waals surface area contributed by atoms with Crippen LogP contribution in [0.1, 0.15) is 39.0 Å². The summed E-state index contributed by atoms with van der Waals surface area (Å²) < 4.78 is 5.37. The van der Waals surface area contributed by atoms with E-state index in [1.807, 2.05) is 0 Å². The molecule has 0 aliphatic carbocycles. The van der Waals surface area contributed by atoms with Gasteiger partial charge in [0.25, 0.3) is 0 Å². The van der Waals surface area contributed by atoms with E-state index in [1.54, 1.807) is 77.7 Å². The largest absolute Gasteiger partial charge is 0.455 e. The molecule has 3 aromatic carbocycles. The molecule has 166 valence electrons. The molecule has 0 atom stereocenters. The van der Waals surface area contributed by atoms with Gasteiger partial charge in [-0.3, -0.25) is 9.59 Å². The average molecular weight is 441 g/mol. The molecular formula is C27H23NO5. The molecule has 3 aromatic rings. The fraction of sp³-hybridized carbons (Fsp3) is 0.222. The Bertz CT molecular complexity index is 1200. The van der Waals surface area contributed by atoms with Crippen molar-refractivity contribution >= 4 is 23.3 Å². The minimum absolute atomic E-state index is 0.0535. The van der Waals surface area contributed by atoms with Gasteiger partial charge < -0.3 is 14.7 Å². The number of ketones is 1. The molecule has 0 unspecified atom stereocenters. The summed E-state index contributed by atoms with van der Waals surface area (Å²) in [5.41, 5.74) is 1.84. The predicted octanol–water partition coefficient (Wildman–Crippen LogP) is 3.18. The van der Waals surface area contributed by atoms with Crippen LogP contribution in [-0.4, -0.2) is 35.9 Å². The lowest BCUT2D eigenvalue weighted by Crippen LogP contribution is -2.39. The Morgan fingerprint density at radius 3 is 2.18 bits per heavy atom. The summed E-state index contributed by atoms with van der Waals surface area (Å²) in [5, 5.41) is 11.5. The fourth-order valence-corrected chi connectivity index (χ4v) is 4.72. The molecule has 0 saturated heterocycles. The Balaban J connectivity index is 1.39. The average Bonchev–Trinajstić information content (AvgIpc) is 3.19. The Hall–Kier alpha value is -3.77. The second kappa shape index (κ2) is 8.30. The van der Waals surface area contributed by atoms with E-state index >= 15 is 0 Å². The van der Waals surface area contributed by atoms with Crippen LogP contribution in [-0.2, 0) is 32.8 Å². The standard InChI is InChI=1S/C27H23NO5/c29-23(19-14-18-8-7-13-28-24(30)16-20(15-19)25(18)28)17-33-26(31)27(32,21-9-3-1-4-10-21)22-11-5-2-6-12-22/h1-6,9-12,14-15,32H,7-8,13,16-17H2. The Morgan fingerprint density at radius 1 is 0.939 bits per heavy atom. The Morgan fingerprint density at radius 2 is 1.55 bits per heavy atom. The van der Waals surface area contributed by atoms with E-state index in [0.29, 0.717) is 23.2 Å². The molecule has 1 N–H and O–H groups in total. The smallest absolute Gasteiger partial charge is 0.348 e. The Labute approximate surface area is 191 Å². The summed E-state index contributed by atoms with van der Waals surface area (Å²) in [7, 11) is 0. The van der Waals surface area contributed by atoms with Crippen molar-refractivity contribution in [2.45, 2.75) is 24.9 Å². The fourth-order valence-electron chi connectivity index (χ4n) is 4.72. The van der Waals surface area contributed by atoms with Crippen LogP contribution in [0.3, 0.4) is 0 Å². The van der Waals surface area contributed by atoms with Crippen LogP contribution in [0.2, 0.25) is 0 Å². The molecule has 2 heterocycles. The van der Waals surface area contributed by atoms with Crippen molar-refractivity contribution in [2.75, 3.05) is 18.1 Å². The number of anilines is 1. The van der Waals surface area contributed by atoms with Gasteiger partial charge in [0.2, 0.25) is 11.5 Å². The molecule has 0 saturated carbocycles. The van der Waals surface area contributed by atoms with Crippen molar-refractivity contribution in [2.24, 2.45) is 0 Å². The van der Waals surface area contributed by atoms with Crippen LogP contribution >= 0.6 is 0 Å². The minimum Gasteiger partial charge on any atom is -0.455 e. The highest BCUT2D eigenvalue weighted by molar-refractivity contribution is 6.05. The minimum atomic E-state index is -2.04. The number of amides is 1. The van der Waals surface area contributed by atoms with Gasteiger partial charge in [-0.05, 0) is 47.2 Å². The summed E-state index contributed by atoms with van der Waals surface area (Å²) in [4.78, 5) is 40.1. The SMILES string of the molecule is O=C(COC(=O)C(O)(c1ccccc1)c1ccccc1)c1cc2c3c(c1)CC(=O)N3CCC2. The molecule has 2 aliphatic heterocycles. The molecule has 1 amide bonds. The predicted molar refractivity (Wildman–Crippen MR) is 122 cm³/mol. The lowest BCUT2D eigenvalue weighted by molar-refractivity contribution is -0.160. The maximum absolute atomic E-state index is 13.1. The molecule has 0 aromatic heterocycles. The molecule has 0 fully saturated rings. The van der Waals surface area contributed by atoms with Gasteiger partial charge in [-0.2, -0.15) is 0 Å². The maximum Gasteiger partial charge on any atom is 0.348 e. The number of ether oxygens (including phenoxy) is 1. The van der Waals surface area contributed by atoms with Crippen molar-refractivity contribution in [1.29, 1.82) is 0 Å². The molecule has 0 bridgehead atoms. The van der Waals surface area contributed by atoms with E-state index in [4.69, 9.17) is 4.74 Å². The summed E-state index contributed by atoms with van der Waals surface area (Å²) in [6.07, 6.45) is 1.94. The van der Waals surface area contributed by atoms with Crippen molar-refractivity contribution in [3.8, 4) is 0 Å². The van der Waals surface area contributed by atoms with Crippen LogP contribution in [0, 0.1) is 0 Å². The van der Waals surface area contributed by atoms with E-state index in [1.165, 1.54) is 0 Å². The first kappa shape index (κ1) is 21.1. The lowest BCUT2D eigenvalue weighted by Gasteiger charge is -2.27. The van der Waals surface area contributed by atoms with Gasteiger partial charge in [-0.1, -0.05) is 60.7 Å². The number of rotatable bonds is 6. The third-order valence-electron chi connectivity index (χ3n) is 6.34. The third-order valence-corrected chi connectivity index (χ3v) is 6.34. The van der Waals surface area contributed by atoms with Gasteiger partial charge in [0.15, 0.2) is 12.4 Å². The van der Waals surface area contributed by atoms with Crippen molar-refractivity contribution in [1.82, 2.24) is 0 Å². The number of aryl methyl sites for hydroxylation is 1. The van der Waals surface area contributed by atoms with E-state index in [9.17, 15) is 19.5 Å². The number of esters is 1. The zero-order valence-corrected chi connectivity index (χ0v) is 18.0.